The zero-order valence-electron chi connectivity index (χ0n) is 12.4. The molecule has 0 spiro atoms. The first-order valence-electron chi connectivity index (χ1n) is 7.43. The van der Waals surface area contributed by atoms with Crippen LogP contribution in [0.25, 0.3) is 10.6 Å². The van der Waals surface area contributed by atoms with Gasteiger partial charge in [-0.1, -0.05) is 29.8 Å². The molecule has 2 aromatic rings. The van der Waals surface area contributed by atoms with E-state index in [1.807, 2.05) is 34.5 Å². The summed E-state index contributed by atoms with van der Waals surface area (Å²) in [4.78, 5) is 19.1. The Bertz CT molecular complexity index is 709. The Morgan fingerprint density at radius 1 is 1.26 bits per heavy atom. The molecule has 3 heterocycles. The number of amides is 1. The van der Waals surface area contributed by atoms with Crippen molar-refractivity contribution in [2.45, 2.75) is 0 Å². The summed E-state index contributed by atoms with van der Waals surface area (Å²) in [6.45, 7) is 3.73. The predicted octanol–water partition coefficient (Wildman–Crippen LogP) is 3.18. The van der Waals surface area contributed by atoms with Crippen LogP contribution < -0.4 is 5.32 Å². The molecule has 2 fully saturated rings. The molecule has 1 amide bonds. The van der Waals surface area contributed by atoms with Gasteiger partial charge < -0.3 is 10.2 Å². The predicted molar refractivity (Wildman–Crippen MR) is 95.6 cm³/mol. The molecule has 1 aromatic carbocycles. The lowest BCUT2D eigenvalue weighted by atomic mass is 10.0. The molecule has 4 rings (SSSR count). The molecule has 2 aliphatic rings. The number of likely N-dealkylation sites (tertiary alicyclic amines) is 1. The van der Waals surface area contributed by atoms with E-state index in [1.54, 1.807) is 0 Å². The third kappa shape index (κ3) is 3.11. The number of benzene rings is 1. The molecular weight excluding hydrogens is 353 g/mol. The molecule has 0 unspecified atom stereocenters. The number of nitrogens with one attached hydrogen (secondary N) is 1. The molecule has 0 aliphatic carbocycles. The summed E-state index contributed by atoms with van der Waals surface area (Å²) in [5, 5.41) is 6.70. The third-order valence-corrected chi connectivity index (χ3v) is 5.71. The summed E-state index contributed by atoms with van der Waals surface area (Å²) < 4.78 is 0. The monoisotopic (exact) mass is 369 g/mol. The zero-order chi connectivity index (χ0) is 15.1. The lowest BCUT2D eigenvalue weighted by Gasteiger charge is -2.15. The maximum absolute atomic E-state index is 12.6. The van der Waals surface area contributed by atoms with Crippen LogP contribution in [0.4, 0.5) is 0 Å². The van der Waals surface area contributed by atoms with Gasteiger partial charge in [-0.3, -0.25) is 4.79 Å². The Hall–Kier alpha value is -1.14. The first-order valence-corrected chi connectivity index (χ1v) is 8.68. The van der Waals surface area contributed by atoms with Crippen molar-refractivity contribution in [3.8, 4) is 10.6 Å². The summed E-state index contributed by atoms with van der Waals surface area (Å²) >= 11 is 7.67. The van der Waals surface area contributed by atoms with Gasteiger partial charge in [0.25, 0.3) is 5.91 Å². The minimum atomic E-state index is 0. The van der Waals surface area contributed by atoms with E-state index in [1.165, 1.54) is 11.3 Å². The molecule has 1 aromatic heterocycles. The zero-order valence-corrected chi connectivity index (χ0v) is 14.8. The molecule has 4 nitrogen and oxygen atoms in total. The Morgan fingerprint density at radius 3 is 2.65 bits per heavy atom. The highest BCUT2D eigenvalue weighted by molar-refractivity contribution is 7.13. The first-order chi connectivity index (χ1) is 10.7. The Balaban J connectivity index is 0.00000156. The Labute approximate surface area is 150 Å². The summed E-state index contributed by atoms with van der Waals surface area (Å²) in [5.41, 5.74) is 1.42. The number of hydrogen-bond donors (Lipinski definition) is 1. The lowest BCUT2D eigenvalue weighted by molar-refractivity contribution is 0.0777. The van der Waals surface area contributed by atoms with Crippen LogP contribution in [0, 0.1) is 11.8 Å². The second-order valence-electron chi connectivity index (χ2n) is 5.91. The number of rotatable bonds is 2. The van der Waals surface area contributed by atoms with E-state index in [0.717, 1.165) is 36.8 Å². The van der Waals surface area contributed by atoms with Crippen LogP contribution >= 0.6 is 35.3 Å². The van der Waals surface area contributed by atoms with Gasteiger partial charge in [0.15, 0.2) is 0 Å². The van der Waals surface area contributed by atoms with Crippen molar-refractivity contribution in [2.24, 2.45) is 11.8 Å². The summed E-state index contributed by atoms with van der Waals surface area (Å²) in [6, 6.07) is 7.59. The normalized spacial score (nSPS) is 22.7. The van der Waals surface area contributed by atoms with E-state index in [-0.39, 0.29) is 18.3 Å². The first kappa shape index (κ1) is 16.7. The van der Waals surface area contributed by atoms with Crippen LogP contribution in [0.1, 0.15) is 10.5 Å². The van der Waals surface area contributed by atoms with E-state index in [0.29, 0.717) is 22.6 Å². The van der Waals surface area contributed by atoms with Gasteiger partial charge in [0.05, 0.1) is 5.02 Å². The summed E-state index contributed by atoms with van der Waals surface area (Å²) in [7, 11) is 0. The molecule has 2 saturated heterocycles. The Morgan fingerprint density at radius 2 is 1.96 bits per heavy atom. The second-order valence-corrected chi connectivity index (χ2v) is 7.17. The van der Waals surface area contributed by atoms with Crippen molar-refractivity contribution in [1.82, 2.24) is 15.2 Å². The molecule has 0 radical (unpaired) electrons. The average Bonchev–Trinajstić information content (AvgIpc) is 3.22. The van der Waals surface area contributed by atoms with Gasteiger partial charge in [-0.2, -0.15) is 0 Å². The highest BCUT2D eigenvalue weighted by Crippen LogP contribution is 2.32. The highest BCUT2D eigenvalue weighted by atomic mass is 35.5. The van der Waals surface area contributed by atoms with Crippen molar-refractivity contribution >= 4 is 41.3 Å². The molecule has 2 atom stereocenters. The number of thiazole rings is 1. The molecule has 0 saturated carbocycles. The van der Waals surface area contributed by atoms with Crippen LogP contribution in [-0.2, 0) is 0 Å². The fourth-order valence-electron chi connectivity index (χ4n) is 3.31. The summed E-state index contributed by atoms with van der Waals surface area (Å²) in [6.07, 6.45) is 0. The van der Waals surface area contributed by atoms with E-state index in [4.69, 9.17) is 11.6 Å². The molecule has 1 N–H and O–H groups in total. The van der Waals surface area contributed by atoms with Crippen LogP contribution in [0.5, 0.6) is 0 Å². The molecule has 23 heavy (non-hydrogen) atoms. The van der Waals surface area contributed by atoms with Crippen LogP contribution in [0.2, 0.25) is 5.02 Å². The van der Waals surface area contributed by atoms with E-state index in [2.05, 4.69) is 10.3 Å². The third-order valence-electron chi connectivity index (χ3n) is 4.50. The average molecular weight is 370 g/mol. The van der Waals surface area contributed by atoms with E-state index in [9.17, 15) is 4.79 Å². The van der Waals surface area contributed by atoms with Crippen LogP contribution in [-0.4, -0.2) is 42.0 Å². The van der Waals surface area contributed by atoms with Crippen molar-refractivity contribution < 1.29 is 4.79 Å². The number of hydrogen-bond acceptors (Lipinski definition) is 4. The number of aromatic nitrogens is 1. The number of fused-ring (bicyclic) bond motifs is 1. The quantitative estimate of drug-likeness (QED) is 0.883. The molecule has 7 heteroatoms. The van der Waals surface area contributed by atoms with Crippen molar-refractivity contribution in [1.29, 1.82) is 0 Å². The summed E-state index contributed by atoms with van der Waals surface area (Å²) in [5.74, 6) is 1.25. The minimum Gasteiger partial charge on any atom is -0.337 e. The minimum absolute atomic E-state index is 0. The van der Waals surface area contributed by atoms with Gasteiger partial charge in [0.1, 0.15) is 10.7 Å². The van der Waals surface area contributed by atoms with Crippen molar-refractivity contribution in [3.63, 3.8) is 0 Å². The lowest BCUT2D eigenvalue weighted by Crippen LogP contribution is -2.32. The molecule has 122 valence electrons. The van der Waals surface area contributed by atoms with Crippen LogP contribution in [0.15, 0.2) is 29.6 Å². The standard InChI is InChI=1S/C16H16ClN3OS.ClH/c17-13-4-2-1-3-12(13)15-19-14(9-22-15)16(21)20-7-10-5-18-6-11(10)8-20;/h1-4,9-11,18H,5-8H2;1H/t10-,11+;. The van der Waals surface area contributed by atoms with Crippen molar-refractivity contribution in [2.75, 3.05) is 26.2 Å². The molecule has 2 aliphatic heterocycles. The van der Waals surface area contributed by atoms with E-state index >= 15 is 0 Å². The van der Waals surface area contributed by atoms with Gasteiger partial charge in [-0.05, 0) is 17.9 Å². The number of halogens is 2. The SMILES string of the molecule is Cl.O=C(c1csc(-c2ccccc2Cl)n1)N1C[C@H]2CNC[C@H]2C1. The van der Waals surface area contributed by atoms with E-state index < -0.39 is 0 Å². The van der Waals surface area contributed by atoms with Gasteiger partial charge in [-0.15, -0.1) is 23.7 Å². The fourth-order valence-corrected chi connectivity index (χ4v) is 4.43. The number of carbonyl (C=O) groups excluding carboxylic acids is 1. The number of nitrogens with zero attached hydrogens (tertiary/aromatic N) is 2. The molecular formula is C16H17Cl2N3OS. The van der Waals surface area contributed by atoms with Gasteiger partial charge in [0.2, 0.25) is 0 Å². The molecule has 0 bridgehead atoms. The largest absolute Gasteiger partial charge is 0.337 e. The maximum atomic E-state index is 12.6. The Kier molecular flexibility index (Phi) is 4.92. The van der Waals surface area contributed by atoms with Gasteiger partial charge >= 0.3 is 0 Å². The smallest absolute Gasteiger partial charge is 0.273 e. The van der Waals surface area contributed by atoms with Crippen molar-refractivity contribution in [3.05, 3.63) is 40.4 Å². The van der Waals surface area contributed by atoms with Gasteiger partial charge in [-0.25, -0.2) is 4.98 Å². The van der Waals surface area contributed by atoms with Crippen LogP contribution in [0.3, 0.4) is 0 Å². The fraction of sp³-hybridized carbons (Fsp3) is 0.375. The second kappa shape index (κ2) is 6.77. The number of carbonyl (C=O) groups is 1. The topological polar surface area (TPSA) is 45.2 Å². The maximum Gasteiger partial charge on any atom is 0.273 e. The van der Waals surface area contributed by atoms with Gasteiger partial charge in [0, 0.05) is 37.1 Å². The highest BCUT2D eigenvalue weighted by Gasteiger charge is 2.38.